The highest BCUT2D eigenvalue weighted by atomic mass is 16.1. The van der Waals surface area contributed by atoms with E-state index in [9.17, 15) is 4.79 Å². The molecule has 6 nitrogen and oxygen atoms in total. The fourth-order valence-electron chi connectivity index (χ4n) is 2.90. The van der Waals surface area contributed by atoms with Crippen molar-refractivity contribution in [2.45, 2.75) is 27.3 Å². The maximum atomic E-state index is 12.4. The van der Waals surface area contributed by atoms with Gasteiger partial charge in [0.2, 0.25) is 0 Å². The van der Waals surface area contributed by atoms with Crippen LogP contribution in [0, 0.1) is 20.8 Å². The quantitative estimate of drug-likeness (QED) is 0.583. The summed E-state index contributed by atoms with van der Waals surface area (Å²) in [5.41, 5.74) is 5.99. The first-order valence-corrected chi connectivity index (χ1v) is 8.86. The first-order chi connectivity index (χ1) is 13.0. The van der Waals surface area contributed by atoms with Crippen molar-refractivity contribution in [3.63, 3.8) is 0 Å². The average molecular weight is 359 g/mol. The average Bonchev–Trinajstić information content (AvgIpc) is 3.08. The van der Waals surface area contributed by atoms with E-state index in [0.717, 1.165) is 11.3 Å². The lowest BCUT2D eigenvalue weighted by molar-refractivity contribution is 0.879. The molecule has 0 saturated carbocycles. The van der Waals surface area contributed by atoms with Crippen LogP contribution in [-0.2, 0) is 6.54 Å². The molecule has 4 aromatic rings. The van der Waals surface area contributed by atoms with Crippen LogP contribution >= 0.6 is 0 Å². The van der Waals surface area contributed by atoms with Crippen LogP contribution in [0.2, 0.25) is 0 Å². The van der Waals surface area contributed by atoms with Crippen molar-refractivity contribution in [3.8, 4) is 11.4 Å². The van der Waals surface area contributed by atoms with E-state index in [2.05, 4.69) is 40.3 Å². The van der Waals surface area contributed by atoms with E-state index >= 15 is 0 Å². The van der Waals surface area contributed by atoms with Gasteiger partial charge in [0.25, 0.3) is 11.3 Å². The molecule has 0 amide bonds. The molecule has 0 saturated heterocycles. The largest absolute Gasteiger partial charge is 0.379 e. The predicted octanol–water partition coefficient (Wildman–Crippen LogP) is 3.62. The van der Waals surface area contributed by atoms with Gasteiger partial charge >= 0.3 is 0 Å². The molecule has 0 unspecified atom stereocenters. The summed E-state index contributed by atoms with van der Waals surface area (Å²) >= 11 is 0. The van der Waals surface area contributed by atoms with Gasteiger partial charge in [-0.05, 0) is 50.1 Å². The lowest BCUT2D eigenvalue weighted by Gasteiger charge is -2.06. The second-order valence-corrected chi connectivity index (χ2v) is 6.81. The maximum absolute atomic E-state index is 12.4. The molecule has 2 heterocycles. The van der Waals surface area contributed by atoms with Gasteiger partial charge in [0.15, 0.2) is 5.82 Å². The van der Waals surface area contributed by atoms with Gasteiger partial charge in [-0.1, -0.05) is 29.8 Å². The van der Waals surface area contributed by atoms with Crippen molar-refractivity contribution in [2.24, 2.45) is 0 Å². The Morgan fingerprint density at radius 3 is 2.48 bits per heavy atom. The number of benzene rings is 2. The van der Waals surface area contributed by atoms with Crippen molar-refractivity contribution in [3.05, 3.63) is 81.3 Å². The van der Waals surface area contributed by atoms with Gasteiger partial charge in [0.05, 0.1) is 12.2 Å². The fraction of sp³-hybridized carbons (Fsp3) is 0.190. The van der Waals surface area contributed by atoms with Crippen LogP contribution in [0.1, 0.15) is 22.4 Å². The van der Waals surface area contributed by atoms with E-state index in [1.54, 1.807) is 0 Å². The molecule has 2 aromatic carbocycles. The number of nitrogens with zero attached hydrogens (tertiary/aromatic N) is 3. The third kappa shape index (κ3) is 3.46. The van der Waals surface area contributed by atoms with Crippen LogP contribution < -0.4 is 10.9 Å². The number of aryl methyl sites for hydroxylation is 3. The molecule has 0 radical (unpaired) electrons. The minimum atomic E-state index is -0.178. The van der Waals surface area contributed by atoms with Crippen molar-refractivity contribution >= 4 is 11.5 Å². The molecule has 0 fully saturated rings. The van der Waals surface area contributed by atoms with Crippen molar-refractivity contribution in [2.75, 3.05) is 5.32 Å². The Labute approximate surface area is 156 Å². The number of aromatic nitrogens is 4. The van der Waals surface area contributed by atoms with Gasteiger partial charge in [0, 0.05) is 17.3 Å². The first-order valence-electron chi connectivity index (χ1n) is 8.86. The third-order valence-electron chi connectivity index (χ3n) is 4.69. The van der Waals surface area contributed by atoms with Crippen molar-refractivity contribution in [1.29, 1.82) is 0 Å². The monoisotopic (exact) mass is 359 g/mol. The highest BCUT2D eigenvalue weighted by Gasteiger charge is 2.10. The van der Waals surface area contributed by atoms with Crippen molar-refractivity contribution in [1.82, 2.24) is 19.6 Å². The zero-order chi connectivity index (χ0) is 19.0. The molecule has 2 aromatic heterocycles. The topological polar surface area (TPSA) is 75.1 Å². The van der Waals surface area contributed by atoms with Crippen LogP contribution in [0.5, 0.6) is 0 Å². The van der Waals surface area contributed by atoms with Gasteiger partial charge in [-0.15, -0.1) is 0 Å². The molecule has 0 aliphatic rings. The summed E-state index contributed by atoms with van der Waals surface area (Å²) in [6.45, 7) is 6.63. The van der Waals surface area contributed by atoms with E-state index < -0.39 is 0 Å². The molecule has 6 heteroatoms. The number of hydrogen-bond acceptors (Lipinski definition) is 4. The molecule has 0 aliphatic carbocycles. The van der Waals surface area contributed by atoms with Crippen molar-refractivity contribution < 1.29 is 0 Å². The molecular weight excluding hydrogens is 338 g/mol. The standard InChI is InChI=1S/C21H21N5O/c1-13-4-8-17(9-5-13)22-12-18-11-19(27)26-21(23-18)24-20(25-26)16-7-6-14(2)15(3)10-16/h4-11,22H,12H2,1-3H3,(H,23,24,25). The highest BCUT2D eigenvalue weighted by molar-refractivity contribution is 5.59. The Morgan fingerprint density at radius 2 is 1.74 bits per heavy atom. The molecule has 4 rings (SSSR count). The van der Waals surface area contributed by atoms with Crippen LogP contribution in [-0.4, -0.2) is 19.6 Å². The van der Waals surface area contributed by atoms with Gasteiger partial charge in [-0.25, -0.2) is 4.98 Å². The van der Waals surface area contributed by atoms with E-state index in [1.807, 2.05) is 43.3 Å². The van der Waals surface area contributed by atoms with E-state index in [4.69, 9.17) is 0 Å². The number of hydrogen-bond donors (Lipinski definition) is 2. The smallest absolute Gasteiger partial charge is 0.274 e. The minimum Gasteiger partial charge on any atom is -0.379 e. The normalized spacial score (nSPS) is 11.1. The zero-order valence-corrected chi connectivity index (χ0v) is 15.6. The van der Waals surface area contributed by atoms with Crippen LogP contribution in [0.3, 0.4) is 0 Å². The number of anilines is 1. The zero-order valence-electron chi connectivity index (χ0n) is 15.6. The first kappa shape index (κ1) is 17.0. The molecule has 0 aliphatic heterocycles. The second kappa shape index (κ2) is 6.72. The number of rotatable bonds is 4. The van der Waals surface area contributed by atoms with Crippen LogP contribution in [0.4, 0.5) is 5.69 Å². The Hall–Kier alpha value is -3.41. The predicted molar refractivity (Wildman–Crippen MR) is 107 cm³/mol. The SMILES string of the molecule is Cc1ccc(NCc2cc(=O)n3[nH]c(-c4ccc(C)c(C)c4)nc3n2)cc1. The maximum Gasteiger partial charge on any atom is 0.274 e. The number of H-pyrrole nitrogens is 1. The lowest BCUT2D eigenvalue weighted by Crippen LogP contribution is -2.17. The van der Waals surface area contributed by atoms with E-state index in [0.29, 0.717) is 23.8 Å². The Bertz CT molecular complexity index is 1170. The van der Waals surface area contributed by atoms with Gasteiger partial charge < -0.3 is 5.32 Å². The summed E-state index contributed by atoms with van der Waals surface area (Å²) in [7, 11) is 0. The van der Waals surface area contributed by atoms with Gasteiger partial charge in [-0.2, -0.15) is 9.50 Å². The summed E-state index contributed by atoms with van der Waals surface area (Å²) in [4.78, 5) is 21.5. The molecule has 2 N–H and O–H groups in total. The minimum absolute atomic E-state index is 0.178. The Kier molecular flexibility index (Phi) is 4.24. The number of nitrogens with one attached hydrogen (secondary N) is 2. The molecular formula is C21H21N5O. The van der Waals surface area contributed by atoms with Crippen LogP contribution in [0.25, 0.3) is 17.2 Å². The molecule has 0 atom stereocenters. The molecule has 0 bridgehead atoms. The third-order valence-corrected chi connectivity index (χ3v) is 4.69. The summed E-state index contributed by atoms with van der Waals surface area (Å²) in [6, 6.07) is 15.7. The Balaban J connectivity index is 1.63. The number of fused-ring (bicyclic) bond motifs is 1. The summed E-state index contributed by atoms with van der Waals surface area (Å²) in [5, 5.41) is 6.33. The van der Waals surface area contributed by atoms with Gasteiger partial charge in [-0.3, -0.25) is 9.89 Å². The lowest BCUT2D eigenvalue weighted by atomic mass is 10.1. The van der Waals surface area contributed by atoms with Crippen LogP contribution in [0.15, 0.2) is 53.3 Å². The van der Waals surface area contributed by atoms with E-state index in [1.165, 1.54) is 27.3 Å². The summed E-state index contributed by atoms with van der Waals surface area (Å²) < 4.78 is 1.37. The fourth-order valence-corrected chi connectivity index (χ4v) is 2.90. The molecule has 0 spiro atoms. The van der Waals surface area contributed by atoms with E-state index in [-0.39, 0.29) is 5.56 Å². The molecule has 27 heavy (non-hydrogen) atoms. The highest BCUT2D eigenvalue weighted by Crippen LogP contribution is 2.19. The number of aromatic amines is 1. The molecule has 136 valence electrons. The Morgan fingerprint density at radius 1 is 0.963 bits per heavy atom. The summed E-state index contributed by atoms with van der Waals surface area (Å²) in [6.07, 6.45) is 0. The second-order valence-electron chi connectivity index (χ2n) is 6.81. The summed E-state index contributed by atoms with van der Waals surface area (Å²) in [5.74, 6) is 1.00. The van der Waals surface area contributed by atoms with Gasteiger partial charge in [0.1, 0.15) is 0 Å².